The lowest BCUT2D eigenvalue weighted by molar-refractivity contribution is 0.138. The molecule has 28 heavy (non-hydrogen) atoms. The zero-order chi connectivity index (χ0) is 19.6. The highest BCUT2D eigenvalue weighted by molar-refractivity contribution is 7.91. The minimum Gasteiger partial charge on any atom is -0.414 e. The number of nitrogens with zero attached hydrogens (tertiary/aromatic N) is 3. The number of hydrogen-bond acceptors (Lipinski definition) is 6. The van der Waals surface area contributed by atoms with Gasteiger partial charge in [-0.05, 0) is 55.3 Å². The maximum Gasteiger partial charge on any atom is 0.288 e. The third-order valence-corrected chi connectivity index (χ3v) is 7.98. The molecule has 4 rings (SSSR count). The summed E-state index contributed by atoms with van der Waals surface area (Å²) in [6.07, 6.45) is 4.73. The van der Waals surface area contributed by atoms with Crippen LogP contribution in [-0.4, -0.2) is 47.7 Å². The summed E-state index contributed by atoms with van der Waals surface area (Å²) in [4.78, 5) is 2.74. The summed E-state index contributed by atoms with van der Waals surface area (Å²) in [6.45, 7) is 2.70. The molecule has 1 atom stereocenters. The lowest BCUT2D eigenvalue weighted by Crippen LogP contribution is -2.36. The summed E-state index contributed by atoms with van der Waals surface area (Å²) in [6, 6.07) is 10.7. The van der Waals surface area contributed by atoms with Crippen molar-refractivity contribution in [1.29, 1.82) is 0 Å². The van der Waals surface area contributed by atoms with E-state index in [-0.39, 0.29) is 17.4 Å². The molecule has 6 nitrogen and oxygen atoms in total. The molecule has 0 N–H and O–H groups in total. The Hall–Kier alpha value is -1.51. The lowest BCUT2D eigenvalue weighted by atomic mass is 9.90. The molecule has 152 valence electrons. The second kappa shape index (κ2) is 8.47. The van der Waals surface area contributed by atoms with Gasteiger partial charge in [0.25, 0.3) is 4.84 Å². The van der Waals surface area contributed by atoms with Crippen LogP contribution in [0.2, 0.25) is 0 Å². The molecule has 2 aliphatic rings. The third-order valence-electron chi connectivity index (χ3n) is 5.85. The topological polar surface area (TPSA) is 68.3 Å². The van der Waals surface area contributed by atoms with Crippen LogP contribution in [-0.2, 0) is 29.3 Å². The first-order valence-corrected chi connectivity index (χ1v) is 12.2. The highest BCUT2D eigenvalue weighted by Gasteiger charge is 2.29. The number of piperidine rings is 1. The predicted octanol–water partition coefficient (Wildman–Crippen LogP) is 3.09. The molecule has 0 saturated carbocycles. The zero-order valence-corrected chi connectivity index (χ0v) is 17.6. The fourth-order valence-electron chi connectivity index (χ4n) is 4.27. The lowest BCUT2D eigenvalue weighted by Gasteiger charge is -2.31. The summed E-state index contributed by atoms with van der Waals surface area (Å²) in [5, 5.41) is 4.51. The number of benzene rings is 1. The molecule has 0 unspecified atom stereocenters. The van der Waals surface area contributed by atoms with E-state index >= 15 is 0 Å². The van der Waals surface area contributed by atoms with E-state index in [0.717, 1.165) is 25.4 Å². The molecule has 0 bridgehead atoms. The van der Waals surface area contributed by atoms with E-state index < -0.39 is 9.84 Å². The standard InChI is InChI=1S/C20H27N3O3S2/c24-28(25)11-8-18(14-28)13-19-21-23(20(27)26-19)15-22-9-6-17(7-10-22)12-16-4-2-1-3-5-16/h1-5,17-18H,6-15H2/t18-/m0/s1. The number of hydrogen-bond donors (Lipinski definition) is 0. The van der Waals surface area contributed by atoms with E-state index in [1.54, 1.807) is 4.68 Å². The minimum atomic E-state index is -2.88. The first-order chi connectivity index (χ1) is 13.5. The third kappa shape index (κ3) is 5.10. The van der Waals surface area contributed by atoms with Crippen LogP contribution in [0.1, 0.15) is 30.7 Å². The van der Waals surface area contributed by atoms with E-state index in [1.807, 2.05) is 0 Å². The van der Waals surface area contributed by atoms with Crippen molar-refractivity contribution in [1.82, 2.24) is 14.7 Å². The van der Waals surface area contributed by atoms with Gasteiger partial charge < -0.3 is 4.42 Å². The summed E-state index contributed by atoms with van der Waals surface area (Å²) in [7, 11) is -2.88. The molecule has 2 fully saturated rings. The largest absolute Gasteiger partial charge is 0.414 e. The van der Waals surface area contributed by atoms with Gasteiger partial charge in [-0.2, -0.15) is 0 Å². The van der Waals surface area contributed by atoms with Crippen molar-refractivity contribution in [3.05, 3.63) is 46.6 Å². The van der Waals surface area contributed by atoms with E-state index in [2.05, 4.69) is 40.3 Å². The Kier molecular flexibility index (Phi) is 5.99. The second-order valence-electron chi connectivity index (χ2n) is 8.13. The SMILES string of the molecule is O=S1(=O)CC[C@@H](Cc2nn(CN3CCC(Cc4ccccc4)CC3)c(=S)o2)C1. The second-order valence-corrected chi connectivity index (χ2v) is 10.7. The molecular weight excluding hydrogens is 394 g/mol. The van der Waals surface area contributed by atoms with Gasteiger partial charge in [-0.1, -0.05) is 30.3 Å². The fraction of sp³-hybridized carbons (Fsp3) is 0.600. The van der Waals surface area contributed by atoms with Gasteiger partial charge in [0.15, 0.2) is 9.84 Å². The Balaban J connectivity index is 1.28. The quantitative estimate of drug-likeness (QED) is 0.668. The van der Waals surface area contributed by atoms with Crippen LogP contribution in [0.5, 0.6) is 0 Å². The van der Waals surface area contributed by atoms with Gasteiger partial charge in [-0.25, -0.2) is 13.1 Å². The smallest absolute Gasteiger partial charge is 0.288 e. The molecule has 8 heteroatoms. The summed E-state index contributed by atoms with van der Waals surface area (Å²) in [5.41, 5.74) is 1.42. The Bertz CT molecular complexity index is 945. The molecule has 0 amide bonds. The van der Waals surface area contributed by atoms with Crippen molar-refractivity contribution in [2.75, 3.05) is 24.6 Å². The van der Waals surface area contributed by atoms with Crippen LogP contribution < -0.4 is 0 Å². The Labute approximate surface area is 171 Å². The molecule has 1 aromatic carbocycles. The van der Waals surface area contributed by atoms with E-state index in [4.69, 9.17) is 16.6 Å². The van der Waals surface area contributed by atoms with Crippen molar-refractivity contribution in [3.63, 3.8) is 0 Å². The van der Waals surface area contributed by atoms with Crippen molar-refractivity contribution >= 4 is 22.1 Å². The molecule has 3 heterocycles. The van der Waals surface area contributed by atoms with Gasteiger partial charge >= 0.3 is 0 Å². The van der Waals surface area contributed by atoms with Gasteiger partial charge in [0.2, 0.25) is 5.89 Å². The highest BCUT2D eigenvalue weighted by Crippen LogP contribution is 2.24. The predicted molar refractivity (Wildman–Crippen MR) is 110 cm³/mol. The number of aromatic nitrogens is 2. The van der Waals surface area contributed by atoms with Crippen molar-refractivity contribution in [2.24, 2.45) is 11.8 Å². The van der Waals surface area contributed by atoms with Crippen LogP contribution in [0.4, 0.5) is 0 Å². The number of likely N-dealkylation sites (tertiary alicyclic amines) is 1. The van der Waals surface area contributed by atoms with Crippen LogP contribution >= 0.6 is 12.2 Å². The van der Waals surface area contributed by atoms with Crippen LogP contribution in [0.15, 0.2) is 34.7 Å². The minimum absolute atomic E-state index is 0.0974. The highest BCUT2D eigenvalue weighted by atomic mass is 32.2. The summed E-state index contributed by atoms with van der Waals surface area (Å²) in [5.74, 6) is 1.89. The normalized spacial score (nSPS) is 23.2. The maximum absolute atomic E-state index is 11.6. The molecule has 2 aromatic rings. The number of rotatable bonds is 6. The molecular formula is C20H27N3O3S2. The molecule has 0 aliphatic carbocycles. The Morgan fingerprint density at radius 1 is 1.07 bits per heavy atom. The first kappa shape index (κ1) is 19.8. The zero-order valence-electron chi connectivity index (χ0n) is 16.0. The van der Waals surface area contributed by atoms with Gasteiger partial charge in [0.1, 0.15) is 0 Å². The molecule has 2 aliphatic heterocycles. The van der Waals surface area contributed by atoms with Crippen LogP contribution in [0.25, 0.3) is 0 Å². The molecule has 0 spiro atoms. The van der Waals surface area contributed by atoms with Crippen molar-refractivity contribution in [3.8, 4) is 0 Å². The van der Waals surface area contributed by atoms with E-state index in [0.29, 0.717) is 30.2 Å². The Morgan fingerprint density at radius 2 is 1.82 bits per heavy atom. The fourth-order valence-corrected chi connectivity index (χ4v) is 6.33. The average molecular weight is 422 g/mol. The van der Waals surface area contributed by atoms with Crippen LogP contribution in [0.3, 0.4) is 0 Å². The monoisotopic (exact) mass is 421 g/mol. The van der Waals surface area contributed by atoms with Gasteiger partial charge in [0, 0.05) is 19.5 Å². The maximum atomic E-state index is 11.6. The van der Waals surface area contributed by atoms with E-state index in [9.17, 15) is 8.42 Å². The average Bonchev–Trinajstić information content (AvgIpc) is 3.19. The van der Waals surface area contributed by atoms with Crippen LogP contribution in [0, 0.1) is 16.7 Å². The van der Waals surface area contributed by atoms with Gasteiger partial charge in [-0.3, -0.25) is 4.90 Å². The molecule has 1 aromatic heterocycles. The number of sulfone groups is 1. The van der Waals surface area contributed by atoms with Crippen molar-refractivity contribution < 1.29 is 12.8 Å². The van der Waals surface area contributed by atoms with Gasteiger partial charge in [-0.15, -0.1) is 5.10 Å². The summed E-state index contributed by atoms with van der Waals surface area (Å²) >= 11 is 5.33. The first-order valence-electron chi connectivity index (χ1n) is 10.0. The van der Waals surface area contributed by atoms with Crippen molar-refractivity contribution in [2.45, 2.75) is 38.8 Å². The molecule has 2 saturated heterocycles. The van der Waals surface area contributed by atoms with E-state index in [1.165, 1.54) is 18.4 Å². The van der Waals surface area contributed by atoms with Gasteiger partial charge in [0.05, 0.1) is 18.2 Å². The Morgan fingerprint density at radius 3 is 2.50 bits per heavy atom. The summed E-state index contributed by atoms with van der Waals surface area (Å²) < 4.78 is 30.6. The molecule has 0 radical (unpaired) electrons.